The first-order valence-corrected chi connectivity index (χ1v) is 8.90. The lowest BCUT2D eigenvalue weighted by Crippen LogP contribution is -2.28. The van der Waals surface area contributed by atoms with Crippen molar-refractivity contribution in [1.29, 1.82) is 0 Å². The quantitative estimate of drug-likeness (QED) is 0.760. The van der Waals surface area contributed by atoms with E-state index < -0.39 is 5.97 Å². The normalized spacial score (nSPS) is 16.5. The maximum Gasteiger partial charge on any atom is 0.323 e. The Morgan fingerprint density at radius 2 is 2.17 bits per heavy atom. The van der Waals surface area contributed by atoms with Crippen LogP contribution in [0.1, 0.15) is 16.5 Å². The van der Waals surface area contributed by atoms with Crippen LogP contribution in [-0.4, -0.2) is 29.1 Å². The Balaban J connectivity index is 1.63. The van der Waals surface area contributed by atoms with Gasteiger partial charge in [-0.1, -0.05) is 29.8 Å². The predicted molar refractivity (Wildman–Crippen MR) is 97.4 cm³/mol. The molecule has 0 saturated carbocycles. The van der Waals surface area contributed by atoms with E-state index in [1.165, 1.54) is 5.56 Å². The number of benzene rings is 2. The average molecular weight is 359 g/mol. The average Bonchev–Trinajstić information content (AvgIpc) is 3.09. The summed E-state index contributed by atoms with van der Waals surface area (Å²) in [4.78, 5) is 17.8. The third kappa shape index (κ3) is 2.85. The van der Waals surface area contributed by atoms with Gasteiger partial charge in [0.25, 0.3) is 0 Å². The number of anilines is 1. The molecule has 0 fully saturated rings. The lowest BCUT2D eigenvalue weighted by molar-refractivity contribution is -0.135. The predicted octanol–water partition coefficient (Wildman–Crippen LogP) is 4.18. The zero-order valence-electron chi connectivity index (χ0n) is 12.8. The topological polar surface area (TPSA) is 53.4 Å². The molecule has 1 aliphatic rings. The summed E-state index contributed by atoms with van der Waals surface area (Å²) in [6, 6.07) is 13.8. The molecule has 1 atom stereocenters. The number of fused-ring (bicyclic) bond motifs is 2. The zero-order chi connectivity index (χ0) is 16.7. The molecule has 122 valence electrons. The molecule has 0 spiro atoms. The number of carboxylic acids is 1. The Bertz CT molecular complexity index is 924. The van der Waals surface area contributed by atoms with Gasteiger partial charge in [0, 0.05) is 29.6 Å². The molecule has 2 aromatic carbocycles. The van der Waals surface area contributed by atoms with Gasteiger partial charge < -0.3 is 10.0 Å². The third-order valence-electron chi connectivity index (χ3n) is 4.30. The molecule has 1 unspecified atom stereocenters. The standard InChI is InChI=1S/C18H15ClN2O2S/c19-12-5-6-14-16(8-12)24-17(20-14)7-11-9-21(10-18(22)23)15-4-2-1-3-13(11)15/h1-6,8,11H,7,9-10H2,(H,22,23). The number of hydrogen-bond donors (Lipinski definition) is 1. The first kappa shape index (κ1) is 15.4. The molecular weight excluding hydrogens is 344 g/mol. The second-order valence-electron chi connectivity index (χ2n) is 5.95. The Hall–Kier alpha value is -2.11. The van der Waals surface area contributed by atoms with E-state index in [0.29, 0.717) is 6.54 Å². The van der Waals surface area contributed by atoms with Crippen molar-refractivity contribution < 1.29 is 9.90 Å². The van der Waals surface area contributed by atoms with Crippen LogP contribution in [0.25, 0.3) is 10.2 Å². The number of carbonyl (C=O) groups is 1. The number of thiazole rings is 1. The fourth-order valence-electron chi connectivity index (χ4n) is 3.32. The third-order valence-corrected chi connectivity index (χ3v) is 5.58. The fraction of sp³-hybridized carbons (Fsp3) is 0.222. The molecule has 4 nitrogen and oxygen atoms in total. The number of nitrogens with zero attached hydrogens (tertiary/aromatic N) is 2. The fourth-order valence-corrected chi connectivity index (χ4v) is 4.64. The number of rotatable bonds is 4. The Morgan fingerprint density at radius 1 is 1.33 bits per heavy atom. The van der Waals surface area contributed by atoms with Crippen molar-refractivity contribution in [2.24, 2.45) is 0 Å². The van der Waals surface area contributed by atoms with Gasteiger partial charge in [0.1, 0.15) is 6.54 Å². The van der Waals surface area contributed by atoms with Crippen LogP contribution in [0, 0.1) is 0 Å². The van der Waals surface area contributed by atoms with E-state index in [-0.39, 0.29) is 12.5 Å². The van der Waals surface area contributed by atoms with Crippen LogP contribution in [0.4, 0.5) is 5.69 Å². The highest BCUT2D eigenvalue weighted by Gasteiger charge is 2.30. The van der Waals surface area contributed by atoms with Gasteiger partial charge in [-0.15, -0.1) is 11.3 Å². The molecule has 2 heterocycles. The maximum absolute atomic E-state index is 11.1. The molecule has 0 amide bonds. The smallest absolute Gasteiger partial charge is 0.323 e. The van der Waals surface area contributed by atoms with Gasteiger partial charge >= 0.3 is 5.97 Å². The van der Waals surface area contributed by atoms with Crippen molar-refractivity contribution in [3.05, 3.63) is 58.1 Å². The summed E-state index contributed by atoms with van der Waals surface area (Å²) in [5.41, 5.74) is 3.19. The monoisotopic (exact) mass is 358 g/mol. The second-order valence-corrected chi connectivity index (χ2v) is 7.51. The molecule has 0 radical (unpaired) electrons. The van der Waals surface area contributed by atoms with Crippen LogP contribution < -0.4 is 4.90 Å². The molecule has 0 aliphatic carbocycles. The van der Waals surface area contributed by atoms with Crippen molar-refractivity contribution in [3.63, 3.8) is 0 Å². The highest BCUT2D eigenvalue weighted by molar-refractivity contribution is 7.18. The van der Waals surface area contributed by atoms with E-state index in [4.69, 9.17) is 21.7 Å². The molecule has 1 aliphatic heterocycles. The Kier molecular flexibility index (Phi) is 3.90. The number of aromatic nitrogens is 1. The molecule has 3 aromatic rings. The molecule has 4 rings (SSSR count). The highest BCUT2D eigenvalue weighted by atomic mass is 35.5. The van der Waals surface area contributed by atoms with E-state index in [0.717, 1.165) is 32.4 Å². The Morgan fingerprint density at radius 3 is 3.00 bits per heavy atom. The minimum Gasteiger partial charge on any atom is -0.480 e. The molecule has 0 bridgehead atoms. The van der Waals surface area contributed by atoms with Gasteiger partial charge in [-0.2, -0.15) is 0 Å². The van der Waals surface area contributed by atoms with Crippen molar-refractivity contribution >= 4 is 44.8 Å². The zero-order valence-corrected chi connectivity index (χ0v) is 14.3. The van der Waals surface area contributed by atoms with Gasteiger partial charge in [-0.25, -0.2) is 4.98 Å². The molecular formula is C18H15ClN2O2S. The number of hydrogen-bond acceptors (Lipinski definition) is 4. The molecule has 1 aromatic heterocycles. The lowest BCUT2D eigenvalue weighted by atomic mass is 9.98. The number of aliphatic carboxylic acids is 1. The first-order valence-electron chi connectivity index (χ1n) is 7.71. The summed E-state index contributed by atoms with van der Waals surface area (Å²) in [5, 5.41) is 10.9. The van der Waals surface area contributed by atoms with E-state index in [1.54, 1.807) is 11.3 Å². The first-order chi connectivity index (χ1) is 11.6. The highest BCUT2D eigenvalue weighted by Crippen LogP contribution is 2.39. The van der Waals surface area contributed by atoms with Crippen molar-refractivity contribution in [1.82, 2.24) is 4.98 Å². The van der Waals surface area contributed by atoms with Crippen LogP contribution >= 0.6 is 22.9 Å². The van der Waals surface area contributed by atoms with Gasteiger partial charge in [0.05, 0.1) is 15.2 Å². The summed E-state index contributed by atoms with van der Waals surface area (Å²) < 4.78 is 1.09. The SMILES string of the molecule is O=C(O)CN1CC(Cc2nc3ccc(Cl)cc3s2)c2ccccc21. The molecule has 0 saturated heterocycles. The number of carboxylic acid groups (broad SMARTS) is 1. The minimum absolute atomic E-state index is 0.0307. The van der Waals surface area contributed by atoms with Gasteiger partial charge in [-0.3, -0.25) is 4.79 Å². The van der Waals surface area contributed by atoms with E-state index >= 15 is 0 Å². The van der Waals surface area contributed by atoms with E-state index in [2.05, 4.69) is 6.07 Å². The van der Waals surface area contributed by atoms with Crippen molar-refractivity contribution in [3.8, 4) is 0 Å². The summed E-state index contributed by atoms with van der Waals surface area (Å²) in [6.45, 7) is 0.741. The van der Waals surface area contributed by atoms with Gasteiger partial charge in [-0.05, 0) is 29.8 Å². The summed E-state index contributed by atoms with van der Waals surface area (Å²) in [6.07, 6.45) is 0.810. The van der Waals surface area contributed by atoms with Crippen LogP contribution in [0.2, 0.25) is 5.02 Å². The lowest BCUT2D eigenvalue weighted by Gasteiger charge is -2.16. The van der Waals surface area contributed by atoms with E-state index in [9.17, 15) is 4.79 Å². The van der Waals surface area contributed by atoms with Crippen LogP contribution in [-0.2, 0) is 11.2 Å². The number of para-hydroxylation sites is 1. The van der Waals surface area contributed by atoms with Gasteiger partial charge in [0.15, 0.2) is 0 Å². The minimum atomic E-state index is -0.805. The molecule has 1 N–H and O–H groups in total. The second kappa shape index (κ2) is 6.07. The maximum atomic E-state index is 11.1. The summed E-state index contributed by atoms with van der Waals surface area (Å²) in [7, 11) is 0. The Labute approximate surface area is 148 Å². The molecule has 24 heavy (non-hydrogen) atoms. The van der Waals surface area contributed by atoms with Crippen LogP contribution in [0.15, 0.2) is 42.5 Å². The van der Waals surface area contributed by atoms with Crippen molar-refractivity contribution in [2.75, 3.05) is 18.0 Å². The summed E-state index contributed by atoms with van der Waals surface area (Å²) >= 11 is 7.71. The van der Waals surface area contributed by atoms with E-state index in [1.807, 2.05) is 41.3 Å². The largest absolute Gasteiger partial charge is 0.480 e. The van der Waals surface area contributed by atoms with Gasteiger partial charge in [0.2, 0.25) is 0 Å². The van der Waals surface area contributed by atoms with Crippen molar-refractivity contribution in [2.45, 2.75) is 12.3 Å². The summed E-state index contributed by atoms with van der Waals surface area (Å²) in [5.74, 6) is -0.545. The van der Waals surface area contributed by atoms with Crippen LogP contribution in [0.5, 0.6) is 0 Å². The molecule has 6 heteroatoms. The number of halogens is 1. The van der Waals surface area contributed by atoms with Crippen LogP contribution in [0.3, 0.4) is 0 Å².